The van der Waals surface area contributed by atoms with Crippen molar-refractivity contribution in [3.8, 4) is 0 Å². The molecule has 2 unspecified atom stereocenters. The van der Waals surface area contributed by atoms with Crippen molar-refractivity contribution in [2.24, 2.45) is 0 Å². The Labute approximate surface area is 251 Å². The van der Waals surface area contributed by atoms with E-state index in [4.69, 9.17) is 9.47 Å². The van der Waals surface area contributed by atoms with Gasteiger partial charge in [-0.3, -0.25) is 14.4 Å². The molecule has 238 valence electrons. The minimum atomic E-state index is -0.879. The highest BCUT2D eigenvalue weighted by Gasteiger charge is 2.23. The molecule has 0 aromatic carbocycles. The molecule has 0 aromatic heterocycles. The second-order valence-corrected chi connectivity index (χ2v) is 11.8. The Bertz CT molecular complexity index is 728. The van der Waals surface area contributed by atoms with Crippen LogP contribution >= 0.6 is 0 Å². The average Bonchev–Trinajstić information content (AvgIpc) is 2.94. The summed E-state index contributed by atoms with van der Waals surface area (Å²) in [6.07, 6.45) is 22.4. The van der Waals surface area contributed by atoms with Crippen LogP contribution < -0.4 is 0 Å². The minimum absolute atomic E-state index is 0.0806. The lowest BCUT2D eigenvalue weighted by Crippen LogP contribution is -2.27. The molecule has 0 spiro atoms. The zero-order valence-electron chi connectivity index (χ0n) is 27.1. The largest absolute Gasteiger partial charge is 0.454 e. The molecule has 0 aliphatic rings. The van der Waals surface area contributed by atoms with Crippen molar-refractivity contribution in [2.75, 3.05) is 0 Å². The van der Waals surface area contributed by atoms with E-state index in [2.05, 4.69) is 20.4 Å². The maximum Gasteiger partial charge on any atom is 0.334 e. The molecule has 0 saturated carbocycles. The SMILES string of the molecule is C=C(CC(=O)OC(C)C(=O)CCCCCCCCCCCC)C(=O)OC(C)C(=O)CCCCCCCCCCCC. The normalized spacial score (nSPS) is 12.5. The van der Waals surface area contributed by atoms with Gasteiger partial charge in [-0.2, -0.15) is 0 Å². The molecule has 0 saturated heterocycles. The van der Waals surface area contributed by atoms with Crippen LogP contribution in [0.4, 0.5) is 0 Å². The summed E-state index contributed by atoms with van der Waals surface area (Å²) in [5.41, 5.74) is -0.0806. The first-order valence-electron chi connectivity index (χ1n) is 16.9. The first-order valence-corrected chi connectivity index (χ1v) is 16.9. The number of hydrogen-bond donors (Lipinski definition) is 0. The van der Waals surface area contributed by atoms with Crippen LogP contribution in [0.2, 0.25) is 0 Å². The van der Waals surface area contributed by atoms with Gasteiger partial charge in [0.15, 0.2) is 23.8 Å². The van der Waals surface area contributed by atoms with E-state index >= 15 is 0 Å². The average molecular weight is 579 g/mol. The van der Waals surface area contributed by atoms with Crippen molar-refractivity contribution in [2.45, 2.75) is 188 Å². The molecule has 0 fully saturated rings. The third-order valence-electron chi connectivity index (χ3n) is 7.70. The van der Waals surface area contributed by atoms with E-state index < -0.39 is 24.1 Å². The van der Waals surface area contributed by atoms with Gasteiger partial charge in [0.05, 0.1) is 6.42 Å². The smallest absolute Gasteiger partial charge is 0.334 e. The zero-order valence-corrected chi connectivity index (χ0v) is 27.1. The number of rotatable bonds is 29. The standard InChI is InChI=1S/C35H62O6/c1-6-8-10-12-14-16-18-20-22-24-26-32(36)30(4)40-34(38)28-29(3)35(39)41-31(5)33(37)27-25-23-21-19-17-15-13-11-9-7-2/h30-31H,3,6-28H2,1-2,4-5H3. The second-order valence-electron chi connectivity index (χ2n) is 11.8. The predicted octanol–water partition coefficient (Wildman–Crippen LogP) is 9.56. The van der Waals surface area contributed by atoms with Crippen molar-refractivity contribution in [3.63, 3.8) is 0 Å². The summed E-state index contributed by atoms with van der Waals surface area (Å²) in [6, 6.07) is 0. The maximum absolute atomic E-state index is 12.4. The van der Waals surface area contributed by atoms with Gasteiger partial charge in [-0.25, -0.2) is 4.79 Å². The number of Topliss-reactive ketones (excluding diaryl/α,β-unsaturated/α-hetero) is 2. The Morgan fingerprint density at radius 2 is 0.829 bits per heavy atom. The fourth-order valence-electron chi connectivity index (χ4n) is 4.84. The van der Waals surface area contributed by atoms with E-state index in [0.717, 1.165) is 38.5 Å². The summed E-state index contributed by atoms with van der Waals surface area (Å²) < 4.78 is 10.4. The van der Waals surface area contributed by atoms with E-state index in [-0.39, 0.29) is 23.6 Å². The molecular formula is C35H62O6. The van der Waals surface area contributed by atoms with Gasteiger partial charge >= 0.3 is 11.9 Å². The fraction of sp³-hybridized carbons (Fsp3) is 0.829. The fourth-order valence-corrected chi connectivity index (χ4v) is 4.84. The van der Waals surface area contributed by atoms with Gasteiger partial charge < -0.3 is 9.47 Å². The van der Waals surface area contributed by atoms with E-state index in [0.29, 0.717) is 12.8 Å². The molecule has 2 atom stereocenters. The highest BCUT2D eigenvalue weighted by Crippen LogP contribution is 2.15. The lowest BCUT2D eigenvalue weighted by molar-refractivity contribution is -0.155. The molecule has 41 heavy (non-hydrogen) atoms. The topological polar surface area (TPSA) is 86.7 Å². The summed E-state index contributed by atoms with van der Waals surface area (Å²) in [5, 5.41) is 0. The molecule has 0 aliphatic carbocycles. The van der Waals surface area contributed by atoms with Gasteiger partial charge in [-0.15, -0.1) is 0 Å². The van der Waals surface area contributed by atoms with Crippen molar-refractivity contribution in [1.29, 1.82) is 0 Å². The molecule has 0 amide bonds. The maximum atomic E-state index is 12.4. The van der Waals surface area contributed by atoms with E-state index in [1.807, 2.05) is 0 Å². The van der Waals surface area contributed by atoms with E-state index in [9.17, 15) is 19.2 Å². The van der Waals surface area contributed by atoms with Crippen LogP contribution in [-0.4, -0.2) is 35.7 Å². The number of ether oxygens (including phenoxy) is 2. The molecule has 0 aliphatic heterocycles. The Balaban J connectivity index is 3.98. The van der Waals surface area contributed by atoms with Crippen molar-refractivity contribution in [1.82, 2.24) is 0 Å². The van der Waals surface area contributed by atoms with E-state index in [1.165, 1.54) is 89.9 Å². The molecule has 0 N–H and O–H groups in total. The highest BCUT2D eigenvalue weighted by atomic mass is 16.6. The monoisotopic (exact) mass is 578 g/mol. The number of hydrogen-bond acceptors (Lipinski definition) is 6. The van der Waals surface area contributed by atoms with Gasteiger partial charge in [-0.05, 0) is 26.7 Å². The Kier molecular flexibility index (Phi) is 25.6. The number of carbonyl (C=O) groups excluding carboxylic acids is 4. The number of carbonyl (C=O) groups is 4. The molecule has 6 nitrogen and oxygen atoms in total. The summed E-state index contributed by atoms with van der Waals surface area (Å²) in [4.78, 5) is 49.2. The quantitative estimate of drug-likeness (QED) is 0.0499. The molecular weight excluding hydrogens is 516 g/mol. The zero-order chi connectivity index (χ0) is 30.7. The first kappa shape index (κ1) is 39.0. The van der Waals surface area contributed by atoms with Crippen LogP contribution in [0.25, 0.3) is 0 Å². The van der Waals surface area contributed by atoms with Crippen LogP contribution in [0.15, 0.2) is 12.2 Å². The molecule has 0 radical (unpaired) electrons. The van der Waals surface area contributed by atoms with Crippen LogP contribution in [0.5, 0.6) is 0 Å². The number of esters is 2. The Hall–Kier alpha value is -1.98. The van der Waals surface area contributed by atoms with Crippen LogP contribution in [0.3, 0.4) is 0 Å². The van der Waals surface area contributed by atoms with Gasteiger partial charge in [0.2, 0.25) is 0 Å². The van der Waals surface area contributed by atoms with Gasteiger partial charge in [0, 0.05) is 18.4 Å². The third kappa shape index (κ3) is 23.3. The number of unbranched alkanes of at least 4 members (excludes halogenated alkanes) is 18. The Morgan fingerprint density at radius 3 is 1.20 bits per heavy atom. The molecule has 0 aromatic rings. The first-order chi connectivity index (χ1) is 19.7. The van der Waals surface area contributed by atoms with Crippen molar-refractivity contribution >= 4 is 23.5 Å². The van der Waals surface area contributed by atoms with Gasteiger partial charge in [-0.1, -0.05) is 136 Å². The van der Waals surface area contributed by atoms with Crippen molar-refractivity contribution < 1.29 is 28.7 Å². The predicted molar refractivity (Wildman–Crippen MR) is 168 cm³/mol. The summed E-state index contributed by atoms with van der Waals surface area (Å²) >= 11 is 0. The summed E-state index contributed by atoms with van der Waals surface area (Å²) in [7, 11) is 0. The Morgan fingerprint density at radius 1 is 0.512 bits per heavy atom. The number of ketones is 2. The van der Waals surface area contributed by atoms with Crippen LogP contribution in [-0.2, 0) is 28.7 Å². The molecule has 0 rings (SSSR count). The molecule has 6 heteroatoms. The molecule has 0 bridgehead atoms. The second kappa shape index (κ2) is 26.9. The lowest BCUT2D eigenvalue weighted by atomic mass is 10.0. The minimum Gasteiger partial charge on any atom is -0.454 e. The van der Waals surface area contributed by atoms with Crippen LogP contribution in [0, 0.1) is 0 Å². The third-order valence-corrected chi connectivity index (χ3v) is 7.70. The summed E-state index contributed by atoms with van der Waals surface area (Å²) in [6.45, 7) is 11.2. The highest BCUT2D eigenvalue weighted by molar-refractivity contribution is 5.95. The lowest BCUT2D eigenvalue weighted by Gasteiger charge is -2.15. The van der Waals surface area contributed by atoms with Crippen molar-refractivity contribution in [3.05, 3.63) is 12.2 Å². The van der Waals surface area contributed by atoms with E-state index in [1.54, 1.807) is 13.8 Å². The van der Waals surface area contributed by atoms with Gasteiger partial charge in [0.1, 0.15) is 0 Å². The molecule has 0 heterocycles. The van der Waals surface area contributed by atoms with Crippen LogP contribution in [0.1, 0.15) is 175 Å². The van der Waals surface area contributed by atoms with Gasteiger partial charge in [0.25, 0.3) is 0 Å². The summed E-state index contributed by atoms with van der Waals surface area (Å²) in [5.74, 6) is -1.72.